The Morgan fingerprint density at radius 2 is 2.12 bits per heavy atom. The molecule has 0 saturated heterocycles. The fourth-order valence-corrected chi connectivity index (χ4v) is 2.52. The van der Waals surface area contributed by atoms with Gasteiger partial charge in [0.2, 0.25) is 0 Å². The summed E-state index contributed by atoms with van der Waals surface area (Å²) in [5.41, 5.74) is 1.36. The minimum atomic E-state index is -0.688. The van der Waals surface area contributed by atoms with Crippen LogP contribution in [0, 0.1) is 11.3 Å². The molecule has 0 radical (unpaired) electrons. The molecule has 1 atom stereocenters. The third-order valence-electron chi connectivity index (χ3n) is 3.58. The van der Waals surface area contributed by atoms with Crippen LogP contribution in [0.5, 0.6) is 11.5 Å². The van der Waals surface area contributed by atoms with Crippen molar-refractivity contribution in [2.45, 2.75) is 19.9 Å². The standard InChI is InChI=1S/C17H19N3O5/c1-4-24-16(21)14-10(2)19-17(22)20-15(14)11-5-6-12(25-8-7-18)13(9-11)23-3/h5-6,9,15H,4,8H2,1-3H3,(H2,19,20,22)/t15-/m0/s1. The van der Waals surface area contributed by atoms with Crippen LogP contribution in [0.1, 0.15) is 25.5 Å². The summed E-state index contributed by atoms with van der Waals surface area (Å²) < 4.78 is 15.7. The summed E-state index contributed by atoms with van der Waals surface area (Å²) in [5, 5.41) is 13.9. The molecular formula is C17H19N3O5. The molecule has 8 heteroatoms. The second-order valence-corrected chi connectivity index (χ2v) is 5.15. The first-order valence-corrected chi connectivity index (χ1v) is 7.64. The maximum absolute atomic E-state index is 12.3. The summed E-state index contributed by atoms with van der Waals surface area (Å²) in [7, 11) is 1.46. The molecule has 0 spiro atoms. The summed E-state index contributed by atoms with van der Waals surface area (Å²) in [6.07, 6.45) is 0. The maximum Gasteiger partial charge on any atom is 0.338 e. The van der Waals surface area contributed by atoms with Gasteiger partial charge in [-0.2, -0.15) is 5.26 Å². The molecule has 1 aliphatic rings. The van der Waals surface area contributed by atoms with Crippen LogP contribution in [0.2, 0.25) is 0 Å². The van der Waals surface area contributed by atoms with E-state index in [1.807, 2.05) is 6.07 Å². The summed E-state index contributed by atoms with van der Waals surface area (Å²) in [5.74, 6) is 0.272. The summed E-state index contributed by atoms with van der Waals surface area (Å²) >= 11 is 0. The van der Waals surface area contributed by atoms with E-state index in [-0.39, 0.29) is 13.2 Å². The van der Waals surface area contributed by atoms with Crippen LogP contribution < -0.4 is 20.1 Å². The summed E-state index contributed by atoms with van der Waals surface area (Å²) in [6.45, 7) is 3.45. The SMILES string of the molecule is CCOC(=O)C1=C(C)NC(=O)N[C@H]1c1ccc(OCC#N)c(OC)c1. The molecule has 0 aromatic heterocycles. The zero-order valence-electron chi connectivity index (χ0n) is 14.2. The monoisotopic (exact) mass is 345 g/mol. The van der Waals surface area contributed by atoms with E-state index in [1.54, 1.807) is 32.0 Å². The molecule has 2 rings (SSSR count). The number of nitrogens with zero attached hydrogens (tertiary/aromatic N) is 1. The van der Waals surface area contributed by atoms with Gasteiger partial charge >= 0.3 is 12.0 Å². The highest BCUT2D eigenvalue weighted by Crippen LogP contribution is 2.34. The molecule has 25 heavy (non-hydrogen) atoms. The Morgan fingerprint density at radius 1 is 1.36 bits per heavy atom. The Hall–Kier alpha value is -3.21. The number of urea groups is 1. The lowest BCUT2D eigenvalue weighted by Gasteiger charge is -2.28. The zero-order valence-corrected chi connectivity index (χ0v) is 14.2. The van der Waals surface area contributed by atoms with Crippen LogP contribution in [0.4, 0.5) is 4.79 Å². The van der Waals surface area contributed by atoms with Crippen LogP contribution in [-0.2, 0) is 9.53 Å². The number of esters is 1. The van der Waals surface area contributed by atoms with Gasteiger partial charge in [0, 0.05) is 5.70 Å². The molecule has 0 unspecified atom stereocenters. The van der Waals surface area contributed by atoms with Gasteiger partial charge in [-0.25, -0.2) is 9.59 Å². The lowest BCUT2D eigenvalue weighted by Crippen LogP contribution is -2.45. The van der Waals surface area contributed by atoms with E-state index in [1.165, 1.54) is 7.11 Å². The van der Waals surface area contributed by atoms with Gasteiger partial charge in [0.25, 0.3) is 0 Å². The Balaban J connectivity index is 2.43. The first kappa shape index (κ1) is 18.1. The van der Waals surface area contributed by atoms with Crippen molar-refractivity contribution >= 4 is 12.0 Å². The molecule has 0 aliphatic carbocycles. The number of hydrogen-bond donors (Lipinski definition) is 2. The molecule has 0 saturated carbocycles. The number of allylic oxidation sites excluding steroid dienone is 1. The second-order valence-electron chi connectivity index (χ2n) is 5.15. The van der Waals surface area contributed by atoms with Crippen LogP contribution in [0.25, 0.3) is 0 Å². The minimum Gasteiger partial charge on any atom is -0.493 e. The average Bonchev–Trinajstić information content (AvgIpc) is 2.59. The number of methoxy groups -OCH3 is 1. The van der Waals surface area contributed by atoms with Crippen molar-refractivity contribution in [3.8, 4) is 17.6 Å². The molecule has 8 nitrogen and oxygen atoms in total. The fourth-order valence-electron chi connectivity index (χ4n) is 2.52. The van der Waals surface area contributed by atoms with Gasteiger partial charge in [0.05, 0.1) is 25.3 Å². The highest BCUT2D eigenvalue weighted by Gasteiger charge is 2.32. The smallest absolute Gasteiger partial charge is 0.338 e. The molecule has 2 N–H and O–H groups in total. The van der Waals surface area contributed by atoms with Gasteiger partial charge in [0.1, 0.15) is 6.07 Å². The second kappa shape index (κ2) is 8.06. The van der Waals surface area contributed by atoms with Crippen molar-refractivity contribution in [1.29, 1.82) is 5.26 Å². The zero-order chi connectivity index (χ0) is 18.4. The number of nitriles is 1. The van der Waals surface area contributed by atoms with Gasteiger partial charge in [-0.15, -0.1) is 0 Å². The van der Waals surface area contributed by atoms with E-state index in [9.17, 15) is 9.59 Å². The van der Waals surface area contributed by atoms with Crippen LogP contribution in [0.3, 0.4) is 0 Å². The first-order valence-electron chi connectivity index (χ1n) is 7.64. The Morgan fingerprint density at radius 3 is 2.76 bits per heavy atom. The molecule has 1 aromatic rings. The minimum absolute atomic E-state index is 0.118. The lowest BCUT2D eigenvalue weighted by atomic mass is 9.95. The average molecular weight is 345 g/mol. The first-order chi connectivity index (χ1) is 12.0. The highest BCUT2D eigenvalue weighted by molar-refractivity contribution is 5.95. The van der Waals surface area contributed by atoms with Crippen LogP contribution >= 0.6 is 0 Å². The number of rotatable bonds is 6. The predicted molar refractivity (Wildman–Crippen MR) is 87.8 cm³/mol. The van der Waals surface area contributed by atoms with Gasteiger partial charge < -0.3 is 24.8 Å². The van der Waals surface area contributed by atoms with E-state index >= 15 is 0 Å². The number of carbonyl (C=O) groups is 2. The lowest BCUT2D eigenvalue weighted by molar-refractivity contribution is -0.139. The van der Waals surface area contributed by atoms with Crippen molar-refractivity contribution in [2.24, 2.45) is 0 Å². The molecule has 0 bridgehead atoms. The molecule has 1 aliphatic heterocycles. The highest BCUT2D eigenvalue weighted by atomic mass is 16.5. The largest absolute Gasteiger partial charge is 0.493 e. The van der Waals surface area contributed by atoms with Crippen LogP contribution in [-0.4, -0.2) is 32.3 Å². The molecule has 1 heterocycles. The Bertz CT molecular complexity index is 751. The molecule has 132 valence electrons. The number of amides is 2. The number of hydrogen-bond acceptors (Lipinski definition) is 6. The van der Waals surface area contributed by atoms with E-state index in [2.05, 4.69) is 10.6 Å². The van der Waals surface area contributed by atoms with E-state index < -0.39 is 18.0 Å². The van der Waals surface area contributed by atoms with E-state index in [0.29, 0.717) is 28.3 Å². The number of benzene rings is 1. The number of carbonyl (C=O) groups excluding carboxylic acids is 2. The fraction of sp³-hybridized carbons (Fsp3) is 0.353. The Kier molecular flexibility index (Phi) is 5.84. The number of ether oxygens (including phenoxy) is 3. The maximum atomic E-state index is 12.3. The third-order valence-corrected chi connectivity index (χ3v) is 3.58. The summed E-state index contributed by atoms with van der Waals surface area (Å²) in [4.78, 5) is 24.1. The molecule has 1 aromatic carbocycles. The topological polar surface area (TPSA) is 110 Å². The van der Waals surface area contributed by atoms with Crippen molar-refractivity contribution in [3.63, 3.8) is 0 Å². The van der Waals surface area contributed by atoms with E-state index in [0.717, 1.165) is 0 Å². The van der Waals surface area contributed by atoms with E-state index in [4.69, 9.17) is 19.5 Å². The molecule has 0 fully saturated rings. The predicted octanol–water partition coefficient (Wildman–Crippen LogP) is 1.79. The Labute approximate surface area is 145 Å². The molecule has 2 amide bonds. The van der Waals surface area contributed by atoms with Crippen molar-refractivity contribution < 1.29 is 23.8 Å². The van der Waals surface area contributed by atoms with Crippen LogP contribution in [0.15, 0.2) is 29.5 Å². The molecular weight excluding hydrogens is 326 g/mol. The van der Waals surface area contributed by atoms with Gasteiger partial charge in [0.15, 0.2) is 18.1 Å². The van der Waals surface area contributed by atoms with Crippen molar-refractivity contribution in [3.05, 3.63) is 35.0 Å². The van der Waals surface area contributed by atoms with Gasteiger partial charge in [-0.05, 0) is 31.5 Å². The van der Waals surface area contributed by atoms with Gasteiger partial charge in [-0.1, -0.05) is 6.07 Å². The number of nitrogens with one attached hydrogen (secondary N) is 2. The summed E-state index contributed by atoms with van der Waals surface area (Å²) in [6, 6.07) is 5.74. The normalized spacial score (nSPS) is 16.4. The van der Waals surface area contributed by atoms with Crippen molar-refractivity contribution in [2.75, 3.05) is 20.3 Å². The van der Waals surface area contributed by atoms with Gasteiger partial charge in [-0.3, -0.25) is 0 Å². The quantitative estimate of drug-likeness (QED) is 0.761. The van der Waals surface area contributed by atoms with Crippen molar-refractivity contribution in [1.82, 2.24) is 10.6 Å². The third kappa shape index (κ3) is 4.01.